The van der Waals surface area contributed by atoms with Crippen LogP contribution in [-0.2, 0) is 0 Å². The van der Waals surface area contributed by atoms with Crippen LogP contribution in [0.3, 0.4) is 0 Å². The molecule has 0 aromatic heterocycles. The first-order chi connectivity index (χ1) is 6.68. The van der Waals surface area contributed by atoms with Crippen LogP contribution in [-0.4, -0.2) is 5.78 Å². The first-order valence-electron chi connectivity index (χ1n) is 4.98. The van der Waals surface area contributed by atoms with Crippen LogP contribution in [0.5, 0.6) is 0 Å². The number of hydrogen-bond acceptors (Lipinski definition) is 1. The molecule has 1 fully saturated rings. The van der Waals surface area contributed by atoms with Gasteiger partial charge in [0.15, 0.2) is 5.78 Å². The summed E-state index contributed by atoms with van der Waals surface area (Å²) < 4.78 is 0. The average molecular weight is 209 g/mol. The molecule has 1 saturated carbocycles. The minimum atomic E-state index is 0.177. The highest BCUT2D eigenvalue weighted by molar-refractivity contribution is 6.30. The monoisotopic (exact) mass is 208 g/mol. The molecule has 0 saturated heterocycles. The number of rotatable bonds is 3. The summed E-state index contributed by atoms with van der Waals surface area (Å²) in [6.07, 6.45) is 2.42. The predicted octanol–water partition coefficient (Wildman–Crippen LogP) is 3.57. The lowest BCUT2D eigenvalue weighted by Gasteiger charge is -2.08. The standard InChI is InChI=1S/C12H13ClO/c1-8(9-2-3-9)12(14)10-4-6-11(13)7-5-10/h4-9H,2-3H2,1H3/t8-/m1/s1. The summed E-state index contributed by atoms with van der Waals surface area (Å²) in [5, 5.41) is 0.681. The Bertz CT molecular complexity index is 338. The van der Waals surface area contributed by atoms with Gasteiger partial charge in [-0.25, -0.2) is 0 Å². The molecule has 0 bridgehead atoms. The van der Waals surface area contributed by atoms with Gasteiger partial charge in [0, 0.05) is 16.5 Å². The topological polar surface area (TPSA) is 17.1 Å². The third-order valence-corrected chi connectivity index (χ3v) is 3.12. The lowest BCUT2D eigenvalue weighted by atomic mass is 9.95. The van der Waals surface area contributed by atoms with Crippen molar-refractivity contribution in [2.24, 2.45) is 11.8 Å². The second-order valence-electron chi connectivity index (χ2n) is 4.00. The smallest absolute Gasteiger partial charge is 0.165 e. The first-order valence-corrected chi connectivity index (χ1v) is 5.36. The molecular weight excluding hydrogens is 196 g/mol. The lowest BCUT2D eigenvalue weighted by Crippen LogP contribution is -2.12. The average Bonchev–Trinajstić information content (AvgIpc) is 3.00. The van der Waals surface area contributed by atoms with E-state index in [-0.39, 0.29) is 11.7 Å². The Morgan fingerprint density at radius 3 is 2.43 bits per heavy atom. The molecule has 0 spiro atoms. The van der Waals surface area contributed by atoms with Gasteiger partial charge in [-0.3, -0.25) is 4.79 Å². The summed E-state index contributed by atoms with van der Waals surface area (Å²) in [7, 11) is 0. The van der Waals surface area contributed by atoms with E-state index >= 15 is 0 Å². The predicted molar refractivity (Wildman–Crippen MR) is 57.7 cm³/mol. The van der Waals surface area contributed by atoms with E-state index < -0.39 is 0 Å². The third-order valence-electron chi connectivity index (χ3n) is 2.87. The van der Waals surface area contributed by atoms with Crippen molar-refractivity contribution in [2.75, 3.05) is 0 Å². The van der Waals surface area contributed by atoms with Crippen molar-refractivity contribution < 1.29 is 4.79 Å². The molecule has 1 aromatic carbocycles. The van der Waals surface area contributed by atoms with Gasteiger partial charge < -0.3 is 0 Å². The van der Waals surface area contributed by atoms with Crippen molar-refractivity contribution in [3.63, 3.8) is 0 Å². The number of carbonyl (C=O) groups excluding carboxylic acids is 1. The van der Waals surface area contributed by atoms with Gasteiger partial charge in [-0.1, -0.05) is 18.5 Å². The van der Waals surface area contributed by atoms with Gasteiger partial charge in [-0.2, -0.15) is 0 Å². The van der Waals surface area contributed by atoms with Crippen LogP contribution in [0.15, 0.2) is 24.3 Å². The number of Topliss-reactive ketones (excluding diaryl/α,β-unsaturated/α-hetero) is 1. The third kappa shape index (κ3) is 1.98. The van der Waals surface area contributed by atoms with Crippen molar-refractivity contribution in [1.29, 1.82) is 0 Å². The van der Waals surface area contributed by atoms with Crippen molar-refractivity contribution >= 4 is 17.4 Å². The van der Waals surface area contributed by atoms with Crippen molar-refractivity contribution in [3.8, 4) is 0 Å². The Morgan fingerprint density at radius 2 is 1.93 bits per heavy atom. The maximum atomic E-state index is 11.9. The van der Waals surface area contributed by atoms with E-state index in [1.807, 2.05) is 19.1 Å². The molecule has 1 aliphatic carbocycles. The van der Waals surface area contributed by atoms with E-state index in [0.717, 1.165) is 5.56 Å². The fourth-order valence-electron chi connectivity index (χ4n) is 1.69. The maximum Gasteiger partial charge on any atom is 0.165 e. The van der Waals surface area contributed by atoms with E-state index in [2.05, 4.69) is 0 Å². The van der Waals surface area contributed by atoms with Crippen LogP contribution in [0.4, 0.5) is 0 Å². The minimum Gasteiger partial charge on any atom is -0.294 e. The molecule has 74 valence electrons. The molecule has 1 nitrogen and oxygen atoms in total. The highest BCUT2D eigenvalue weighted by Crippen LogP contribution is 2.38. The summed E-state index contributed by atoms with van der Waals surface area (Å²) in [5.41, 5.74) is 0.786. The molecule has 1 aromatic rings. The van der Waals surface area contributed by atoms with Gasteiger partial charge >= 0.3 is 0 Å². The SMILES string of the molecule is C[C@@H](C(=O)c1ccc(Cl)cc1)C1CC1. The Kier molecular flexibility index (Phi) is 2.60. The van der Waals surface area contributed by atoms with E-state index in [4.69, 9.17) is 11.6 Å². The van der Waals surface area contributed by atoms with Gasteiger partial charge in [-0.05, 0) is 43.0 Å². The highest BCUT2D eigenvalue weighted by atomic mass is 35.5. The van der Waals surface area contributed by atoms with E-state index in [1.54, 1.807) is 12.1 Å². The molecule has 0 amide bonds. The van der Waals surface area contributed by atoms with Crippen LogP contribution >= 0.6 is 11.6 Å². The number of hydrogen-bond donors (Lipinski definition) is 0. The maximum absolute atomic E-state index is 11.9. The normalized spacial score (nSPS) is 17.9. The van der Waals surface area contributed by atoms with Gasteiger partial charge in [0.25, 0.3) is 0 Å². The number of ketones is 1. The fraction of sp³-hybridized carbons (Fsp3) is 0.417. The first kappa shape index (κ1) is 9.72. The van der Waals surface area contributed by atoms with Crippen molar-refractivity contribution in [3.05, 3.63) is 34.9 Å². The van der Waals surface area contributed by atoms with Crippen LogP contribution in [0.1, 0.15) is 30.1 Å². The summed E-state index contributed by atoms with van der Waals surface area (Å²) in [6, 6.07) is 7.16. The van der Waals surface area contributed by atoms with Crippen LogP contribution in [0.2, 0.25) is 5.02 Å². The molecule has 0 N–H and O–H groups in total. The van der Waals surface area contributed by atoms with Crippen LogP contribution in [0, 0.1) is 11.8 Å². The van der Waals surface area contributed by atoms with Crippen molar-refractivity contribution in [1.82, 2.24) is 0 Å². The largest absolute Gasteiger partial charge is 0.294 e. The molecule has 0 radical (unpaired) electrons. The summed E-state index contributed by atoms with van der Waals surface area (Å²) in [5.74, 6) is 1.05. The van der Waals surface area contributed by atoms with Gasteiger partial charge in [0.1, 0.15) is 0 Å². The molecule has 1 atom stereocenters. The Labute approximate surface area is 89.1 Å². The molecule has 2 rings (SSSR count). The number of halogens is 1. The molecule has 0 aliphatic heterocycles. The fourth-order valence-corrected chi connectivity index (χ4v) is 1.81. The van der Waals surface area contributed by atoms with Crippen LogP contribution < -0.4 is 0 Å². The zero-order chi connectivity index (χ0) is 10.1. The Balaban J connectivity index is 2.13. The Morgan fingerprint density at radius 1 is 1.36 bits per heavy atom. The zero-order valence-electron chi connectivity index (χ0n) is 8.16. The zero-order valence-corrected chi connectivity index (χ0v) is 8.92. The number of benzene rings is 1. The van der Waals surface area contributed by atoms with E-state index in [0.29, 0.717) is 10.9 Å². The van der Waals surface area contributed by atoms with Crippen LogP contribution in [0.25, 0.3) is 0 Å². The van der Waals surface area contributed by atoms with Gasteiger partial charge in [0.05, 0.1) is 0 Å². The summed E-state index contributed by atoms with van der Waals surface area (Å²) >= 11 is 5.76. The van der Waals surface area contributed by atoms with E-state index in [1.165, 1.54) is 12.8 Å². The quantitative estimate of drug-likeness (QED) is 0.695. The molecule has 0 heterocycles. The molecular formula is C12H13ClO. The number of carbonyl (C=O) groups is 1. The molecule has 0 unspecified atom stereocenters. The molecule has 2 heteroatoms. The minimum absolute atomic E-state index is 0.177. The molecule has 1 aliphatic rings. The highest BCUT2D eigenvalue weighted by Gasteiger charge is 2.32. The second kappa shape index (κ2) is 3.74. The summed E-state index contributed by atoms with van der Waals surface area (Å²) in [6.45, 7) is 2.02. The summed E-state index contributed by atoms with van der Waals surface area (Å²) in [4.78, 5) is 11.9. The second-order valence-corrected chi connectivity index (χ2v) is 4.43. The molecule has 14 heavy (non-hydrogen) atoms. The van der Waals surface area contributed by atoms with Gasteiger partial charge in [-0.15, -0.1) is 0 Å². The van der Waals surface area contributed by atoms with Crippen molar-refractivity contribution in [2.45, 2.75) is 19.8 Å². The lowest BCUT2D eigenvalue weighted by molar-refractivity contribution is 0.0916. The van der Waals surface area contributed by atoms with Gasteiger partial charge in [0.2, 0.25) is 0 Å². The Hall–Kier alpha value is -0.820. The van der Waals surface area contributed by atoms with E-state index in [9.17, 15) is 4.79 Å².